The number of thioether (sulfide) groups is 1. The molecule has 2 aromatic rings. The molecule has 2 rings (SSSR count). The Bertz CT molecular complexity index is 831. The standard InChI is InChI=1S/C17H16F2N2O4S/c1-23-11(5-9-7-20-17(26-4)21-10(9)8-22)14-15(18)12(24-2)6-13(25-3)16(14)19/h5-8H,1-4H3/b11-5-. The van der Waals surface area contributed by atoms with E-state index in [9.17, 15) is 13.6 Å². The van der Waals surface area contributed by atoms with Crippen molar-refractivity contribution in [1.29, 1.82) is 0 Å². The zero-order chi connectivity index (χ0) is 19.3. The van der Waals surface area contributed by atoms with Crippen molar-refractivity contribution in [2.45, 2.75) is 5.16 Å². The van der Waals surface area contributed by atoms with Gasteiger partial charge in [-0.15, -0.1) is 0 Å². The van der Waals surface area contributed by atoms with Gasteiger partial charge in [-0.25, -0.2) is 18.7 Å². The van der Waals surface area contributed by atoms with Gasteiger partial charge >= 0.3 is 0 Å². The Kier molecular flexibility index (Phi) is 6.51. The van der Waals surface area contributed by atoms with E-state index in [1.165, 1.54) is 45.4 Å². The highest BCUT2D eigenvalue weighted by Gasteiger charge is 2.24. The molecule has 0 aliphatic rings. The van der Waals surface area contributed by atoms with Crippen LogP contribution in [0.1, 0.15) is 21.6 Å². The summed E-state index contributed by atoms with van der Waals surface area (Å²) in [7, 11) is 3.73. The summed E-state index contributed by atoms with van der Waals surface area (Å²) in [4.78, 5) is 19.4. The van der Waals surface area contributed by atoms with E-state index >= 15 is 0 Å². The molecule has 1 aromatic carbocycles. The smallest absolute Gasteiger partial charge is 0.187 e. The van der Waals surface area contributed by atoms with Crippen LogP contribution in [0.2, 0.25) is 0 Å². The van der Waals surface area contributed by atoms with Crippen LogP contribution >= 0.6 is 11.8 Å². The molecule has 1 aromatic heterocycles. The molecule has 26 heavy (non-hydrogen) atoms. The Balaban J connectivity index is 2.69. The molecule has 6 nitrogen and oxygen atoms in total. The molecule has 138 valence electrons. The number of aldehydes is 1. The molecule has 0 fully saturated rings. The first-order chi connectivity index (χ1) is 12.5. The van der Waals surface area contributed by atoms with Crippen molar-refractivity contribution in [2.75, 3.05) is 27.6 Å². The molecule has 0 N–H and O–H groups in total. The Morgan fingerprint density at radius 1 is 1.15 bits per heavy atom. The van der Waals surface area contributed by atoms with Gasteiger partial charge in [0, 0.05) is 17.8 Å². The average Bonchev–Trinajstić information content (AvgIpc) is 2.67. The van der Waals surface area contributed by atoms with Gasteiger partial charge in [-0.3, -0.25) is 4.79 Å². The van der Waals surface area contributed by atoms with Crippen molar-refractivity contribution in [3.05, 3.63) is 40.7 Å². The second-order valence-corrected chi connectivity index (χ2v) is 5.59. The van der Waals surface area contributed by atoms with Gasteiger partial charge in [0.25, 0.3) is 0 Å². The predicted octanol–water partition coefficient (Wildman–Crippen LogP) is 3.45. The monoisotopic (exact) mass is 382 g/mol. The number of halogens is 2. The molecule has 1 heterocycles. The SMILES string of the molecule is CO/C(=C\c1cnc(SC)nc1C=O)c1c(F)c(OC)cc(OC)c1F. The molecule has 0 spiro atoms. The highest BCUT2D eigenvalue weighted by Crippen LogP contribution is 2.36. The minimum absolute atomic E-state index is 0.0644. The maximum Gasteiger partial charge on any atom is 0.187 e. The van der Waals surface area contributed by atoms with E-state index in [0.29, 0.717) is 11.4 Å². The maximum atomic E-state index is 14.6. The van der Waals surface area contributed by atoms with Crippen LogP contribution in [0.5, 0.6) is 11.5 Å². The highest BCUT2D eigenvalue weighted by atomic mass is 32.2. The molecule has 9 heteroatoms. The van der Waals surface area contributed by atoms with Crippen LogP contribution in [0.4, 0.5) is 8.78 Å². The fourth-order valence-corrected chi connectivity index (χ4v) is 2.52. The number of hydrogen-bond donors (Lipinski definition) is 0. The van der Waals surface area contributed by atoms with E-state index in [1.807, 2.05) is 0 Å². The molecule has 0 unspecified atom stereocenters. The van der Waals surface area contributed by atoms with Gasteiger partial charge in [-0.05, 0) is 12.3 Å². The summed E-state index contributed by atoms with van der Waals surface area (Å²) in [5.74, 6) is -2.54. The fraction of sp³-hybridized carbons (Fsp3) is 0.235. The molecular weight excluding hydrogens is 366 g/mol. The van der Waals surface area contributed by atoms with Gasteiger partial charge in [0.15, 0.2) is 34.6 Å². The van der Waals surface area contributed by atoms with Crippen LogP contribution < -0.4 is 9.47 Å². The third kappa shape index (κ3) is 3.77. The van der Waals surface area contributed by atoms with Gasteiger partial charge in [0.2, 0.25) is 0 Å². The van der Waals surface area contributed by atoms with E-state index in [2.05, 4.69) is 9.97 Å². The summed E-state index contributed by atoms with van der Waals surface area (Å²) in [5, 5.41) is 0.392. The van der Waals surface area contributed by atoms with Gasteiger partial charge in [-0.1, -0.05) is 11.8 Å². The molecule has 0 aliphatic heterocycles. The van der Waals surface area contributed by atoms with Crippen LogP contribution in [0.15, 0.2) is 17.4 Å². The largest absolute Gasteiger partial charge is 0.496 e. The number of rotatable bonds is 7. The summed E-state index contributed by atoms with van der Waals surface area (Å²) in [6.45, 7) is 0. The van der Waals surface area contributed by atoms with Gasteiger partial charge in [0.05, 0.1) is 26.9 Å². The number of nitrogens with zero attached hydrogens (tertiary/aromatic N) is 2. The van der Waals surface area contributed by atoms with E-state index in [1.54, 1.807) is 6.26 Å². The molecule has 0 saturated heterocycles. The minimum atomic E-state index is -0.965. The first-order valence-corrected chi connectivity index (χ1v) is 8.45. The first kappa shape index (κ1) is 19.6. The summed E-state index contributed by atoms with van der Waals surface area (Å²) in [6.07, 6.45) is 4.93. The average molecular weight is 382 g/mol. The number of carbonyl (C=O) groups excluding carboxylic acids is 1. The zero-order valence-electron chi connectivity index (χ0n) is 14.5. The Morgan fingerprint density at radius 3 is 2.23 bits per heavy atom. The Labute approximate surface area is 153 Å². The van der Waals surface area contributed by atoms with E-state index in [-0.39, 0.29) is 28.5 Å². The lowest BCUT2D eigenvalue weighted by molar-refractivity contribution is 0.111. The van der Waals surface area contributed by atoms with Crippen LogP contribution in [0, 0.1) is 11.6 Å². The van der Waals surface area contributed by atoms with Crippen LogP contribution in [-0.2, 0) is 4.74 Å². The fourth-order valence-electron chi connectivity index (χ4n) is 2.17. The van der Waals surface area contributed by atoms with Crippen molar-refractivity contribution < 1.29 is 27.8 Å². The van der Waals surface area contributed by atoms with Crippen molar-refractivity contribution >= 4 is 29.9 Å². The molecule has 0 amide bonds. The zero-order valence-corrected chi connectivity index (χ0v) is 15.3. The van der Waals surface area contributed by atoms with Gasteiger partial charge < -0.3 is 14.2 Å². The lowest BCUT2D eigenvalue weighted by atomic mass is 10.1. The lowest BCUT2D eigenvalue weighted by Crippen LogP contribution is -2.04. The van der Waals surface area contributed by atoms with E-state index in [4.69, 9.17) is 14.2 Å². The van der Waals surface area contributed by atoms with Crippen molar-refractivity contribution in [1.82, 2.24) is 9.97 Å². The quantitative estimate of drug-likeness (QED) is 0.314. The van der Waals surface area contributed by atoms with Crippen LogP contribution in [0.25, 0.3) is 11.8 Å². The summed E-state index contributed by atoms with van der Waals surface area (Å²) in [5.41, 5.74) is -0.181. The van der Waals surface area contributed by atoms with Gasteiger partial charge in [-0.2, -0.15) is 0 Å². The lowest BCUT2D eigenvalue weighted by Gasteiger charge is -2.14. The van der Waals surface area contributed by atoms with Gasteiger partial charge in [0.1, 0.15) is 11.5 Å². The molecular formula is C17H16F2N2O4S. The molecule has 0 saturated carbocycles. The molecule has 0 aliphatic carbocycles. The first-order valence-electron chi connectivity index (χ1n) is 7.22. The summed E-state index contributed by atoms with van der Waals surface area (Å²) in [6, 6.07) is 1.09. The number of methoxy groups -OCH3 is 3. The Morgan fingerprint density at radius 2 is 1.77 bits per heavy atom. The number of carbonyl (C=O) groups is 1. The van der Waals surface area contributed by atoms with Crippen molar-refractivity contribution in [3.63, 3.8) is 0 Å². The third-order valence-electron chi connectivity index (χ3n) is 3.45. The third-order valence-corrected chi connectivity index (χ3v) is 4.01. The maximum absolute atomic E-state index is 14.6. The number of aromatic nitrogens is 2. The van der Waals surface area contributed by atoms with Crippen LogP contribution in [0.3, 0.4) is 0 Å². The normalized spacial score (nSPS) is 11.2. The Hall–Kier alpha value is -2.68. The topological polar surface area (TPSA) is 70.5 Å². The van der Waals surface area contributed by atoms with Crippen LogP contribution in [-0.4, -0.2) is 43.8 Å². The number of hydrogen-bond acceptors (Lipinski definition) is 7. The minimum Gasteiger partial charge on any atom is -0.496 e. The summed E-state index contributed by atoms with van der Waals surface area (Å²) >= 11 is 1.26. The van der Waals surface area contributed by atoms with E-state index < -0.39 is 17.2 Å². The predicted molar refractivity (Wildman–Crippen MR) is 93.5 cm³/mol. The second kappa shape index (κ2) is 8.61. The molecule has 0 atom stereocenters. The molecule has 0 radical (unpaired) electrons. The second-order valence-electron chi connectivity index (χ2n) is 4.81. The summed E-state index contributed by atoms with van der Waals surface area (Å²) < 4.78 is 44.3. The molecule has 0 bridgehead atoms. The van der Waals surface area contributed by atoms with Crippen molar-refractivity contribution in [2.24, 2.45) is 0 Å². The number of ether oxygens (including phenoxy) is 3. The highest BCUT2D eigenvalue weighted by molar-refractivity contribution is 7.98. The number of benzene rings is 1. The van der Waals surface area contributed by atoms with Crippen molar-refractivity contribution in [3.8, 4) is 11.5 Å². The van der Waals surface area contributed by atoms with E-state index in [0.717, 1.165) is 6.07 Å².